The summed E-state index contributed by atoms with van der Waals surface area (Å²) in [6.07, 6.45) is 11.2. The normalized spacial score (nSPS) is 35.6. The molecule has 4 aliphatic carbocycles. The smallest absolute Gasteiger partial charge is 0.0192 e. The first-order valence-electron chi connectivity index (χ1n) is 8.44. The lowest BCUT2D eigenvalue weighted by Crippen LogP contribution is -2.58. The molecule has 0 aliphatic heterocycles. The summed E-state index contributed by atoms with van der Waals surface area (Å²) in [4.78, 5) is 0. The van der Waals surface area contributed by atoms with Crippen LogP contribution in [0, 0.1) is 17.8 Å². The van der Waals surface area contributed by atoms with E-state index in [0.29, 0.717) is 5.54 Å². The largest absolute Gasteiger partial charge is 0.311 e. The zero-order valence-electron chi connectivity index (χ0n) is 12.4. The fourth-order valence-corrected chi connectivity index (χ4v) is 5.30. The van der Waals surface area contributed by atoms with Crippen molar-refractivity contribution in [3.05, 3.63) is 41.8 Å². The van der Waals surface area contributed by atoms with Crippen molar-refractivity contribution in [1.29, 1.82) is 0 Å². The van der Waals surface area contributed by atoms with Crippen LogP contribution in [0.4, 0.5) is 0 Å². The number of hydrogen-bond donors (Lipinski definition) is 1. The van der Waals surface area contributed by atoms with E-state index in [-0.39, 0.29) is 0 Å². The Bertz CT molecular complexity index is 415. The molecule has 4 aliphatic rings. The lowest BCUT2D eigenvalue weighted by Gasteiger charge is -2.57. The fraction of sp³-hybridized carbons (Fsp3) is 0.632. The maximum Gasteiger partial charge on any atom is 0.0192 e. The molecule has 4 bridgehead atoms. The molecule has 1 nitrogen and oxygen atoms in total. The summed E-state index contributed by atoms with van der Waals surface area (Å²) in [5.74, 6) is 3.93. The van der Waals surface area contributed by atoms with Crippen molar-refractivity contribution < 1.29 is 0 Å². The molecule has 1 heteroatoms. The van der Waals surface area contributed by atoms with Crippen LogP contribution < -0.4 is 5.32 Å². The molecular formula is C19H26N. The summed E-state index contributed by atoms with van der Waals surface area (Å²) in [5.41, 5.74) is 1.99. The van der Waals surface area contributed by atoms with Gasteiger partial charge in [-0.2, -0.15) is 0 Å². The molecule has 4 fully saturated rings. The summed E-state index contributed by atoms with van der Waals surface area (Å²) in [6, 6.07) is 10.9. The highest BCUT2D eigenvalue weighted by molar-refractivity contribution is 5.18. The molecular weight excluding hydrogens is 242 g/mol. The van der Waals surface area contributed by atoms with Crippen molar-refractivity contribution >= 4 is 0 Å². The van der Waals surface area contributed by atoms with Crippen LogP contribution >= 0.6 is 0 Å². The Hall–Kier alpha value is -0.820. The van der Waals surface area contributed by atoms with E-state index in [2.05, 4.69) is 35.6 Å². The van der Waals surface area contributed by atoms with Crippen molar-refractivity contribution in [1.82, 2.24) is 5.32 Å². The van der Waals surface area contributed by atoms with Gasteiger partial charge in [-0.25, -0.2) is 0 Å². The molecule has 0 amide bonds. The summed E-state index contributed by atoms with van der Waals surface area (Å²) >= 11 is 0. The molecule has 1 N–H and O–H groups in total. The lowest BCUT2D eigenvalue weighted by molar-refractivity contribution is 0.0420. The van der Waals surface area contributed by atoms with E-state index in [1.165, 1.54) is 63.5 Å². The average Bonchev–Trinajstić information content (AvgIpc) is 2.43. The van der Waals surface area contributed by atoms with Gasteiger partial charge < -0.3 is 5.32 Å². The molecule has 1 radical (unpaired) electrons. The molecule has 0 aromatic heterocycles. The summed E-state index contributed by atoms with van der Waals surface area (Å²) in [7, 11) is 0. The Kier molecular flexibility index (Phi) is 3.34. The molecule has 0 saturated heterocycles. The molecule has 1 aromatic rings. The third kappa shape index (κ3) is 2.53. The summed E-state index contributed by atoms with van der Waals surface area (Å²) in [5, 5.41) is 3.98. The van der Waals surface area contributed by atoms with Gasteiger partial charge in [-0.3, -0.25) is 0 Å². The number of nitrogens with one attached hydrogen (secondary N) is 1. The second-order valence-corrected chi connectivity index (χ2v) is 7.51. The minimum Gasteiger partial charge on any atom is -0.311 e. The highest BCUT2D eigenvalue weighted by Gasteiger charge is 2.50. The van der Waals surface area contributed by atoms with Crippen LogP contribution in [0.2, 0.25) is 0 Å². The third-order valence-electron chi connectivity index (χ3n) is 5.75. The van der Waals surface area contributed by atoms with Gasteiger partial charge in [-0.15, -0.1) is 0 Å². The minimum absolute atomic E-state index is 0.510. The summed E-state index contributed by atoms with van der Waals surface area (Å²) < 4.78 is 0. The van der Waals surface area contributed by atoms with Crippen molar-refractivity contribution in [3.63, 3.8) is 0 Å². The maximum absolute atomic E-state index is 3.98. The second-order valence-electron chi connectivity index (χ2n) is 7.51. The summed E-state index contributed by atoms with van der Waals surface area (Å²) in [6.45, 7) is 1.20. The van der Waals surface area contributed by atoms with Gasteiger partial charge in [0.15, 0.2) is 0 Å². The van der Waals surface area contributed by atoms with Gasteiger partial charge in [0.25, 0.3) is 0 Å². The van der Waals surface area contributed by atoms with Crippen LogP contribution in [0.3, 0.4) is 0 Å². The molecule has 5 rings (SSSR count). The van der Waals surface area contributed by atoms with E-state index in [4.69, 9.17) is 0 Å². The highest BCUT2D eigenvalue weighted by Crippen LogP contribution is 2.56. The first-order chi connectivity index (χ1) is 9.81. The van der Waals surface area contributed by atoms with Gasteiger partial charge in [0.2, 0.25) is 0 Å². The first-order valence-corrected chi connectivity index (χ1v) is 8.44. The Morgan fingerprint density at radius 1 is 1.05 bits per heavy atom. The van der Waals surface area contributed by atoms with Crippen molar-refractivity contribution in [2.75, 3.05) is 6.54 Å². The average molecular weight is 268 g/mol. The Balaban J connectivity index is 1.29. The number of rotatable bonds is 5. The predicted molar refractivity (Wildman–Crippen MR) is 83.4 cm³/mol. The molecule has 4 saturated carbocycles. The minimum atomic E-state index is 0.510. The molecule has 0 heterocycles. The van der Waals surface area contributed by atoms with Crippen LogP contribution in [-0.2, 0) is 6.42 Å². The number of benzene rings is 1. The molecule has 20 heavy (non-hydrogen) atoms. The predicted octanol–water partition coefficient (Wildman–Crippen LogP) is 4.14. The Labute approximate surface area is 123 Å². The van der Waals surface area contributed by atoms with Crippen molar-refractivity contribution in [2.24, 2.45) is 11.8 Å². The molecule has 2 atom stereocenters. The number of aryl methyl sites for hydroxylation is 1. The molecule has 107 valence electrons. The third-order valence-corrected chi connectivity index (χ3v) is 5.75. The number of hydrogen-bond acceptors (Lipinski definition) is 1. The van der Waals surface area contributed by atoms with Crippen molar-refractivity contribution in [2.45, 2.75) is 56.9 Å². The molecule has 1 aromatic carbocycles. The zero-order chi connectivity index (χ0) is 13.4. The highest BCUT2D eigenvalue weighted by atomic mass is 15.0. The van der Waals surface area contributed by atoms with Crippen LogP contribution in [0.15, 0.2) is 30.3 Å². The van der Waals surface area contributed by atoms with Gasteiger partial charge >= 0.3 is 0 Å². The Morgan fingerprint density at radius 3 is 2.50 bits per heavy atom. The quantitative estimate of drug-likeness (QED) is 0.792. The standard InChI is InChI=1S/C19H26N/c1-2-5-15(6-3-1)7-4-8-20-19-12-16-9-17(13-19)11-18(10-16)14-19/h1-3,5-6,16-17,20H,4,7-14H2. The van der Waals surface area contributed by atoms with E-state index < -0.39 is 0 Å². The monoisotopic (exact) mass is 268 g/mol. The fourth-order valence-electron chi connectivity index (χ4n) is 5.30. The van der Waals surface area contributed by atoms with Crippen LogP contribution in [0.1, 0.15) is 50.5 Å². The Morgan fingerprint density at radius 2 is 1.80 bits per heavy atom. The van der Waals surface area contributed by atoms with Crippen LogP contribution in [0.5, 0.6) is 0 Å². The first kappa shape index (κ1) is 12.9. The second kappa shape index (κ2) is 5.18. The van der Waals surface area contributed by atoms with Gasteiger partial charge in [-0.05, 0) is 81.2 Å². The van der Waals surface area contributed by atoms with Crippen molar-refractivity contribution in [3.8, 4) is 0 Å². The van der Waals surface area contributed by atoms with E-state index in [1.54, 1.807) is 0 Å². The van der Waals surface area contributed by atoms with E-state index in [1.807, 2.05) is 5.92 Å². The lowest BCUT2D eigenvalue weighted by atomic mass is 9.53. The van der Waals surface area contributed by atoms with E-state index >= 15 is 0 Å². The zero-order valence-corrected chi connectivity index (χ0v) is 12.4. The van der Waals surface area contributed by atoms with E-state index in [0.717, 1.165) is 11.8 Å². The van der Waals surface area contributed by atoms with Crippen LogP contribution in [-0.4, -0.2) is 12.1 Å². The van der Waals surface area contributed by atoms with E-state index in [9.17, 15) is 0 Å². The van der Waals surface area contributed by atoms with Crippen LogP contribution in [0.25, 0.3) is 0 Å². The van der Waals surface area contributed by atoms with Gasteiger partial charge in [-0.1, -0.05) is 30.3 Å². The SMILES string of the molecule is c1ccc(CCCNC23C[C]4CC(CC(C4)C2)C3)cc1. The maximum atomic E-state index is 3.98. The van der Waals surface area contributed by atoms with Gasteiger partial charge in [0, 0.05) is 5.54 Å². The molecule has 0 spiro atoms. The van der Waals surface area contributed by atoms with Gasteiger partial charge in [0.1, 0.15) is 0 Å². The molecule has 2 unspecified atom stereocenters. The topological polar surface area (TPSA) is 12.0 Å². The van der Waals surface area contributed by atoms with Gasteiger partial charge in [0.05, 0.1) is 0 Å².